The van der Waals surface area contributed by atoms with E-state index in [2.05, 4.69) is 0 Å². The van der Waals surface area contributed by atoms with Crippen molar-refractivity contribution >= 4 is 5.91 Å². The number of amides is 1. The summed E-state index contributed by atoms with van der Waals surface area (Å²) < 4.78 is 35.5. The molecule has 0 aliphatic heterocycles. The van der Waals surface area contributed by atoms with Crippen molar-refractivity contribution in [3.63, 3.8) is 0 Å². The van der Waals surface area contributed by atoms with Crippen LogP contribution in [0.5, 0.6) is 0 Å². The van der Waals surface area contributed by atoms with E-state index in [1.807, 2.05) is 5.32 Å². The van der Waals surface area contributed by atoms with Crippen molar-refractivity contribution in [3.05, 3.63) is 0 Å². The second kappa shape index (κ2) is 3.55. The number of carbonyl (C=O) groups is 1. The minimum absolute atomic E-state index is 0.260. The van der Waals surface area contributed by atoms with Gasteiger partial charge in [0.25, 0.3) is 0 Å². The molecule has 0 aromatic heterocycles. The summed E-state index contributed by atoms with van der Waals surface area (Å²) in [6.07, 6.45) is -2.33. The van der Waals surface area contributed by atoms with E-state index in [1.54, 1.807) is 6.92 Å². The maximum Gasteiger partial charge on any atom is 0.471 e. The SMILES string of the molecule is CCC(NC(=O)C(F)(F)F)C1CC1. The lowest BCUT2D eigenvalue weighted by atomic mass is 10.1. The Hall–Kier alpha value is -0.740. The molecule has 0 aromatic carbocycles. The molecule has 1 amide bonds. The Morgan fingerprint density at radius 1 is 1.54 bits per heavy atom. The lowest BCUT2D eigenvalue weighted by molar-refractivity contribution is -0.174. The average Bonchev–Trinajstić information content (AvgIpc) is 2.80. The van der Waals surface area contributed by atoms with E-state index in [0.717, 1.165) is 12.8 Å². The molecule has 0 radical (unpaired) electrons. The van der Waals surface area contributed by atoms with Gasteiger partial charge in [0.2, 0.25) is 0 Å². The van der Waals surface area contributed by atoms with E-state index in [-0.39, 0.29) is 12.0 Å². The number of carbonyl (C=O) groups excluding carboxylic acids is 1. The van der Waals surface area contributed by atoms with Crippen molar-refractivity contribution in [3.8, 4) is 0 Å². The highest BCUT2D eigenvalue weighted by atomic mass is 19.4. The molecule has 0 bridgehead atoms. The first-order valence-corrected chi connectivity index (χ1v) is 4.32. The number of halogens is 3. The van der Waals surface area contributed by atoms with E-state index in [4.69, 9.17) is 0 Å². The van der Waals surface area contributed by atoms with Crippen LogP contribution in [0.2, 0.25) is 0 Å². The maximum atomic E-state index is 11.8. The van der Waals surface area contributed by atoms with Crippen LogP contribution in [0, 0.1) is 5.92 Å². The number of alkyl halides is 3. The zero-order chi connectivity index (χ0) is 10.1. The first-order chi connectivity index (χ1) is 5.95. The van der Waals surface area contributed by atoms with Gasteiger partial charge in [0.05, 0.1) is 0 Å². The van der Waals surface area contributed by atoms with Crippen LogP contribution in [0.25, 0.3) is 0 Å². The van der Waals surface area contributed by atoms with Gasteiger partial charge in [-0.05, 0) is 25.2 Å². The molecule has 1 aliphatic rings. The van der Waals surface area contributed by atoms with Gasteiger partial charge in [0, 0.05) is 6.04 Å². The monoisotopic (exact) mass is 195 g/mol. The zero-order valence-corrected chi connectivity index (χ0v) is 7.32. The van der Waals surface area contributed by atoms with E-state index in [1.165, 1.54) is 0 Å². The molecule has 0 spiro atoms. The minimum Gasteiger partial charge on any atom is -0.345 e. The van der Waals surface area contributed by atoms with Crippen LogP contribution < -0.4 is 5.32 Å². The van der Waals surface area contributed by atoms with Gasteiger partial charge in [-0.3, -0.25) is 4.79 Å². The van der Waals surface area contributed by atoms with Crippen molar-refractivity contribution in [1.82, 2.24) is 5.32 Å². The lowest BCUT2D eigenvalue weighted by Crippen LogP contribution is -2.43. The zero-order valence-electron chi connectivity index (χ0n) is 7.32. The van der Waals surface area contributed by atoms with Gasteiger partial charge in [-0.15, -0.1) is 0 Å². The van der Waals surface area contributed by atoms with Crippen LogP contribution in [-0.2, 0) is 4.79 Å². The summed E-state index contributed by atoms with van der Waals surface area (Å²) in [4.78, 5) is 10.5. The molecule has 5 heteroatoms. The van der Waals surface area contributed by atoms with Crippen LogP contribution in [0.3, 0.4) is 0 Å². The van der Waals surface area contributed by atoms with E-state index in [0.29, 0.717) is 6.42 Å². The lowest BCUT2D eigenvalue weighted by Gasteiger charge is -2.16. The number of nitrogens with one attached hydrogen (secondary N) is 1. The fourth-order valence-corrected chi connectivity index (χ4v) is 1.30. The number of hydrogen-bond acceptors (Lipinski definition) is 1. The Morgan fingerprint density at radius 3 is 2.38 bits per heavy atom. The third-order valence-electron chi connectivity index (χ3n) is 2.20. The summed E-state index contributed by atoms with van der Waals surface area (Å²) in [7, 11) is 0. The molecular formula is C8H12F3NO. The molecule has 0 heterocycles. The molecule has 13 heavy (non-hydrogen) atoms. The molecule has 1 aliphatic carbocycles. The van der Waals surface area contributed by atoms with Gasteiger partial charge in [-0.1, -0.05) is 6.92 Å². The third-order valence-corrected chi connectivity index (χ3v) is 2.20. The molecule has 0 aromatic rings. The van der Waals surface area contributed by atoms with Gasteiger partial charge < -0.3 is 5.32 Å². The normalized spacial score (nSPS) is 19.7. The topological polar surface area (TPSA) is 29.1 Å². The van der Waals surface area contributed by atoms with Crippen molar-refractivity contribution in [1.29, 1.82) is 0 Å². The van der Waals surface area contributed by atoms with Crippen LogP contribution in [0.15, 0.2) is 0 Å². The minimum atomic E-state index is -4.75. The van der Waals surface area contributed by atoms with Crippen molar-refractivity contribution in [2.24, 2.45) is 5.92 Å². The Morgan fingerprint density at radius 2 is 2.08 bits per heavy atom. The Kier molecular flexibility index (Phi) is 2.83. The van der Waals surface area contributed by atoms with Gasteiger partial charge >= 0.3 is 12.1 Å². The molecule has 2 nitrogen and oxygen atoms in total. The van der Waals surface area contributed by atoms with E-state index in [9.17, 15) is 18.0 Å². The molecule has 1 atom stereocenters. The molecular weight excluding hydrogens is 183 g/mol. The second-order valence-corrected chi connectivity index (χ2v) is 3.32. The molecule has 1 N–H and O–H groups in total. The van der Waals surface area contributed by atoms with Gasteiger partial charge in [0.1, 0.15) is 0 Å². The van der Waals surface area contributed by atoms with Crippen LogP contribution in [0.1, 0.15) is 26.2 Å². The Bertz CT molecular complexity index is 198. The van der Waals surface area contributed by atoms with Crippen molar-refractivity contribution < 1.29 is 18.0 Å². The summed E-state index contributed by atoms with van der Waals surface area (Å²) in [5.41, 5.74) is 0. The highest BCUT2D eigenvalue weighted by Crippen LogP contribution is 2.34. The predicted molar refractivity (Wildman–Crippen MR) is 41.0 cm³/mol. The van der Waals surface area contributed by atoms with Crippen LogP contribution in [-0.4, -0.2) is 18.1 Å². The fraction of sp³-hybridized carbons (Fsp3) is 0.875. The van der Waals surface area contributed by atoms with Gasteiger partial charge in [-0.2, -0.15) is 13.2 Å². The largest absolute Gasteiger partial charge is 0.471 e. The summed E-state index contributed by atoms with van der Waals surface area (Å²) in [5, 5.41) is 2.00. The molecule has 1 unspecified atom stereocenters. The predicted octanol–water partition coefficient (Wildman–Crippen LogP) is 1.85. The standard InChI is InChI=1S/C8H12F3NO/c1-2-6(5-3-4-5)12-7(13)8(9,10)11/h5-6H,2-4H2,1H3,(H,12,13). The fourth-order valence-electron chi connectivity index (χ4n) is 1.30. The first-order valence-electron chi connectivity index (χ1n) is 4.32. The van der Waals surface area contributed by atoms with Crippen LogP contribution >= 0.6 is 0 Å². The first kappa shape index (κ1) is 10.3. The van der Waals surface area contributed by atoms with Crippen molar-refractivity contribution in [2.75, 3.05) is 0 Å². The van der Waals surface area contributed by atoms with Gasteiger partial charge in [0.15, 0.2) is 0 Å². The van der Waals surface area contributed by atoms with Crippen molar-refractivity contribution in [2.45, 2.75) is 38.4 Å². The number of hydrogen-bond donors (Lipinski definition) is 1. The Labute approximate surface area is 74.5 Å². The van der Waals surface area contributed by atoms with Crippen LogP contribution in [0.4, 0.5) is 13.2 Å². The van der Waals surface area contributed by atoms with E-state index >= 15 is 0 Å². The highest BCUT2D eigenvalue weighted by Gasteiger charge is 2.41. The third kappa shape index (κ3) is 2.90. The Balaban J connectivity index is 2.41. The summed E-state index contributed by atoms with van der Waals surface area (Å²) in [6.45, 7) is 1.78. The quantitative estimate of drug-likeness (QED) is 0.731. The highest BCUT2D eigenvalue weighted by molar-refractivity contribution is 5.81. The smallest absolute Gasteiger partial charge is 0.345 e. The summed E-state index contributed by atoms with van der Waals surface area (Å²) in [6, 6.07) is -0.297. The summed E-state index contributed by atoms with van der Waals surface area (Å²) >= 11 is 0. The average molecular weight is 195 g/mol. The molecule has 1 saturated carbocycles. The molecule has 76 valence electrons. The van der Waals surface area contributed by atoms with E-state index < -0.39 is 12.1 Å². The molecule has 0 saturated heterocycles. The maximum absolute atomic E-state index is 11.8. The molecule has 1 fully saturated rings. The number of rotatable bonds is 3. The molecule has 1 rings (SSSR count). The van der Waals surface area contributed by atoms with Gasteiger partial charge in [-0.25, -0.2) is 0 Å². The second-order valence-electron chi connectivity index (χ2n) is 3.32. The summed E-state index contributed by atoms with van der Waals surface area (Å²) in [5.74, 6) is -1.55.